The predicted molar refractivity (Wildman–Crippen MR) is 75.1 cm³/mol. The first-order chi connectivity index (χ1) is 10.2. The maximum absolute atomic E-state index is 10.9. The molecule has 21 heavy (non-hydrogen) atoms. The molecule has 0 N–H and O–H groups in total. The predicted octanol–water partition coefficient (Wildman–Crippen LogP) is 3.05. The van der Waals surface area contributed by atoms with Crippen LogP contribution in [0.4, 0.5) is 5.69 Å². The van der Waals surface area contributed by atoms with Crippen molar-refractivity contribution in [3.05, 3.63) is 63.7 Å². The van der Waals surface area contributed by atoms with Crippen LogP contribution in [0.5, 0.6) is 11.5 Å². The molecule has 6 nitrogen and oxygen atoms in total. The summed E-state index contributed by atoms with van der Waals surface area (Å²) in [6, 6.07) is 13.2. The number of hydrogen-bond donors (Lipinski definition) is 0. The third kappa shape index (κ3) is 3.28. The summed E-state index contributed by atoms with van der Waals surface area (Å²) in [6.45, 7) is 0.128. The number of para-hydroxylation sites is 2. The van der Waals surface area contributed by atoms with Crippen molar-refractivity contribution in [2.75, 3.05) is 7.11 Å². The van der Waals surface area contributed by atoms with E-state index < -0.39 is 4.92 Å². The number of methoxy groups -OCH3 is 1. The minimum absolute atomic E-state index is 0.0912. The second-order valence-electron chi connectivity index (χ2n) is 4.16. The number of ether oxygens (including phenoxy) is 2. The maximum atomic E-state index is 10.9. The van der Waals surface area contributed by atoms with Crippen molar-refractivity contribution in [2.45, 2.75) is 6.61 Å². The number of rotatable bonds is 5. The summed E-state index contributed by atoms with van der Waals surface area (Å²) in [5.41, 5.74) is 1.03. The molecule has 106 valence electrons. The van der Waals surface area contributed by atoms with E-state index in [1.54, 1.807) is 30.3 Å². The standard InChI is InChI=1S/C15H12N2O4/c1-20-14-7-6-11(8-12(14)9-16)10-21-15-5-3-2-4-13(15)17(18)19/h2-8H,10H2,1H3. The maximum Gasteiger partial charge on any atom is 0.310 e. The first kappa shape index (κ1) is 14.3. The van der Waals surface area contributed by atoms with Gasteiger partial charge in [0.1, 0.15) is 18.4 Å². The van der Waals surface area contributed by atoms with E-state index in [9.17, 15) is 10.1 Å². The monoisotopic (exact) mass is 284 g/mol. The number of nitriles is 1. The Balaban J connectivity index is 2.18. The van der Waals surface area contributed by atoms with Gasteiger partial charge < -0.3 is 9.47 Å². The first-order valence-electron chi connectivity index (χ1n) is 6.09. The molecule has 0 spiro atoms. The van der Waals surface area contributed by atoms with Gasteiger partial charge in [-0.15, -0.1) is 0 Å². The number of nitrogens with zero attached hydrogens (tertiary/aromatic N) is 2. The zero-order chi connectivity index (χ0) is 15.2. The van der Waals surface area contributed by atoms with Crippen LogP contribution in [-0.4, -0.2) is 12.0 Å². The van der Waals surface area contributed by atoms with Crippen molar-refractivity contribution in [3.63, 3.8) is 0 Å². The van der Waals surface area contributed by atoms with E-state index >= 15 is 0 Å². The third-order valence-corrected chi connectivity index (χ3v) is 2.84. The molecule has 0 saturated heterocycles. The SMILES string of the molecule is COc1ccc(COc2ccccc2[N+](=O)[O-])cc1C#N. The summed E-state index contributed by atoms with van der Waals surface area (Å²) in [6.07, 6.45) is 0. The molecule has 0 aliphatic rings. The minimum atomic E-state index is -0.496. The third-order valence-electron chi connectivity index (χ3n) is 2.84. The van der Waals surface area contributed by atoms with Crippen molar-refractivity contribution in [2.24, 2.45) is 0 Å². The Kier molecular flexibility index (Phi) is 4.36. The van der Waals surface area contributed by atoms with Crippen LogP contribution in [0.15, 0.2) is 42.5 Å². The molecule has 0 bridgehead atoms. The topological polar surface area (TPSA) is 85.4 Å². The summed E-state index contributed by atoms with van der Waals surface area (Å²) in [7, 11) is 1.49. The second kappa shape index (κ2) is 6.39. The van der Waals surface area contributed by atoms with Gasteiger partial charge in [0.2, 0.25) is 0 Å². The average molecular weight is 284 g/mol. The molecular weight excluding hydrogens is 272 g/mol. The fourth-order valence-electron chi connectivity index (χ4n) is 1.82. The molecule has 0 heterocycles. The normalized spacial score (nSPS) is 9.71. The van der Waals surface area contributed by atoms with Crippen LogP contribution < -0.4 is 9.47 Å². The lowest BCUT2D eigenvalue weighted by atomic mass is 10.1. The Morgan fingerprint density at radius 1 is 1.24 bits per heavy atom. The van der Waals surface area contributed by atoms with Gasteiger partial charge in [0.15, 0.2) is 5.75 Å². The van der Waals surface area contributed by atoms with Crippen LogP contribution in [0.3, 0.4) is 0 Å². The van der Waals surface area contributed by atoms with Crippen LogP contribution in [0.1, 0.15) is 11.1 Å². The van der Waals surface area contributed by atoms with Gasteiger partial charge in [-0.25, -0.2) is 0 Å². The van der Waals surface area contributed by atoms with E-state index in [0.717, 1.165) is 5.56 Å². The van der Waals surface area contributed by atoms with Crippen LogP contribution in [0, 0.1) is 21.4 Å². The molecule has 2 aromatic carbocycles. The average Bonchev–Trinajstić information content (AvgIpc) is 2.52. The number of benzene rings is 2. The van der Waals surface area contributed by atoms with Gasteiger partial charge in [0.05, 0.1) is 17.6 Å². The van der Waals surface area contributed by atoms with Gasteiger partial charge in [-0.3, -0.25) is 10.1 Å². The van der Waals surface area contributed by atoms with Gasteiger partial charge in [-0.2, -0.15) is 5.26 Å². The quantitative estimate of drug-likeness (QED) is 0.622. The van der Waals surface area contributed by atoms with E-state index in [1.807, 2.05) is 6.07 Å². The Bertz CT molecular complexity index is 707. The summed E-state index contributed by atoms with van der Waals surface area (Å²) < 4.78 is 10.5. The molecule has 2 aromatic rings. The Morgan fingerprint density at radius 3 is 2.67 bits per heavy atom. The lowest BCUT2D eigenvalue weighted by molar-refractivity contribution is -0.385. The van der Waals surface area contributed by atoms with Gasteiger partial charge in [0.25, 0.3) is 0 Å². The highest BCUT2D eigenvalue weighted by atomic mass is 16.6. The first-order valence-corrected chi connectivity index (χ1v) is 6.09. The molecule has 0 amide bonds. The zero-order valence-electron chi connectivity index (χ0n) is 11.3. The Hall–Kier alpha value is -3.07. The lowest BCUT2D eigenvalue weighted by Crippen LogP contribution is -2.00. The van der Waals surface area contributed by atoms with Crippen molar-refractivity contribution >= 4 is 5.69 Å². The van der Waals surface area contributed by atoms with Gasteiger partial charge in [0, 0.05) is 6.07 Å². The summed E-state index contributed by atoms with van der Waals surface area (Å²) in [5.74, 6) is 0.670. The van der Waals surface area contributed by atoms with Crippen molar-refractivity contribution < 1.29 is 14.4 Å². The van der Waals surface area contributed by atoms with Crippen molar-refractivity contribution in [3.8, 4) is 17.6 Å². The largest absolute Gasteiger partial charge is 0.495 e. The van der Waals surface area contributed by atoms with E-state index in [4.69, 9.17) is 14.7 Å². The highest BCUT2D eigenvalue weighted by Gasteiger charge is 2.13. The Labute approximate surface area is 121 Å². The Morgan fingerprint density at radius 2 is 2.00 bits per heavy atom. The van der Waals surface area contributed by atoms with E-state index in [0.29, 0.717) is 11.3 Å². The van der Waals surface area contributed by atoms with E-state index in [1.165, 1.54) is 19.2 Å². The van der Waals surface area contributed by atoms with Crippen LogP contribution in [0.2, 0.25) is 0 Å². The fraction of sp³-hybridized carbons (Fsp3) is 0.133. The van der Waals surface area contributed by atoms with Gasteiger partial charge in [-0.1, -0.05) is 18.2 Å². The summed E-state index contributed by atoms with van der Waals surface area (Å²) in [5, 5.41) is 19.9. The number of hydrogen-bond acceptors (Lipinski definition) is 5. The molecule has 0 atom stereocenters. The molecule has 6 heteroatoms. The van der Waals surface area contributed by atoms with Gasteiger partial charge >= 0.3 is 5.69 Å². The summed E-state index contributed by atoms with van der Waals surface area (Å²) in [4.78, 5) is 10.4. The van der Waals surface area contributed by atoms with E-state index in [2.05, 4.69) is 0 Å². The zero-order valence-corrected chi connectivity index (χ0v) is 11.3. The van der Waals surface area contributed by atoms with Crippen LogP contribution in [0.25, 0.3) is 0 Å². The molecular formula is C15H12N2O4. The van der Waals surface area contributed by atoms with Crippen LogP contribution >= 0.6 is 0 Å². The lowest BCUT2D eigenvalue weighted by Gasteiger charge is -2.08. The van der Waals surface area contributed by atoms with Crippen molar-refractivity contribution in [1.29, 1.82) is 5.26 Å². The molecule has 0 unspecified atom stereocenters. The molecule has 0 radical (unpaired) electrons. The van der Waals surface area contributed by atoms with Crippen LogP contribution in [-0.2, 0) is 6.61 Å². The van der Waals surface area contributed by atoms with Gasteiger partial charge in [-0.05, 0) is 23.8 Å². The molecule has 2 rings (SSSR count). The minimum Gasteiger partial charge on any atom is -0.495 e. The van der Waals surface area contributed by atoms with E-state index in [-0.39, 0.29) is 18.0 Å². The molecule has 0 aliphatic carbocycles. The molecule has 0 saturated carbocycles. The molecule has 0 aromatic heterocycles. The highest BCUT2D eigenvalue weighted by molar-refractivity contribution is 5.47. The van der Waals surface area contributed by atoms with Crippen molar-refractivity contribution in [1.82, 2.24) is 0 Å². The highest BCUT2D eigenvalue weighted by Crippen LogP contribution is 2.27. The fourth-order valence-corrected chi connectivity index (χ4v) is 1.82. The second-order valence-corrected chi connectivity index (χ2v) is 4.16. The molecule has 0 fully saturated rings. The number of nitro benzene ring substituents is 1. The summed E-state index contributed by atoms with van der Waals surface area (Å²) >= 11 is 0. The molecule has 0 aliphatic heterocycles. The number of nitro groups is 1. The smallest absolute Gasteiger partial charge is 0.310 e.